The summed E-state index contributed by atoms with van der Waals surface area (Å²) in [5.74, 6) is 5.20. The topological polar surface area (TPSA) is 73.7 Å². The number of nitriles is 1. The molecule has 3 N–H and O–H groups in total. The van der Waals surface area contributed by atoms with E-state index in [2.05, 4.69) is 11.8 Å². The Bertz CT molecular complexity index is 364. The van der Waals surface area contributed by atoms with Gasteiger partial charge in [-0.2, -0.15) is 5.26 Å². The Morgan fingerprint density at radius 3 is 2.14 bits per heavy atom. The fourth-order valence-electron chi connectivity index (χ4n) is 0.823. The minimum Gasteiger partial charge on any atom is -0.391 e. The van der Waals surface area contributed by atoms with Gasteiger partial charge in [-0.1, -0.05) is 26.7 Å². The maximum absolute atomic E-state index is 8.86. The lowest BCUT2D eigenvalue weighted by atomic mass is 9.85. The van der Waals surface area contributed by atoms with Crippen molar-refractivity contribution in [1.82, 2.24) is 0 Å². The molecule has 0 aliphatic rings. The molecule has 0 saturated carbocycles. The molecular weight excluding hydrogens is 174 g/mol. The van der Waals surface area contributed by atoms with E-state index in [1.807, 2.05) is 26.8 Å². The third kappa shape index (κ3) is 2.95. The van der Waals surface area contributed by atoms with Gasteiger partial charge in [0, 0.05) is 5.41 Å². The minimum absolute atomic E-state index is 0.173. The molecule has 0 atom stereocenters. The summed E-state index contributed by atoms with van der Waals surface area (Å²) in [6, 6.07) is 1.92. The molecule has 14 heavy (non-hydrogen) atoms. The molecule has 0 fully saturated rings. The van der Waals surface area contributed by atoms with Crippen LogP contribution in [0.25, 0.3) is 0 Å². The Labute approximate surface area is 85.1 Å². The van der Waals surface area contributed by atoms with Crippen LogP contribution in [0.3, 0.4) is 0 Å². The lowest BCUT2D eigenvalue weighted by Gasteiger charge is -2.19. The fourth-order valence-corrected chi connectivity index (χ4v) is 0.823. The second-order valence-corrected chi connectivity index (χ2v) is 3.90. The SMILES string of the molecule is CC#C/C(N)=C(/C#N)C(=N)C(C)(C)C. The van der Waals surface area contributed by atoms with E-state index in [-0.39, 0.29) is 22.4 Å². The largest absolute Gasteiger partial charge is 0.391 e. The number of nitrogens with zero attached hydrogens (tertiary/aromatic N) is 1. The summed E-state index contributed by atoms with van der Waals surface area (Å²) in [5.41, 5.74) is 5.77. The number of hydrogen-bond acceptors (Lipinski definition) is 3. The molecular formula is C11H15N3. The molecule has 74 valence electrons. The van der Waals surface area contributed by atoms with Crippen molar-refractivity contribution in [2.24, 2.45) is 11.1 Å². The van der Waals surface area contributed by atoms with E-state index in [1.54, 1.807) is 6.92 Å². The first-order chi connectivity index (χ1) is 6.34. The van der Waals surface area contributed by atoms with Crippen molar-refractivity contribution in [3.05, 3.63) is 11.3 Å². The fraction of sp³-hybridized carbons (Fsp3) is 0.455. The molecule has 0 amide bonds. The summed E-state index contributed by atoms with van der Waals surface area (Å²) in [6.45, 7) is 7.22. The van der Waals surface area contributed by atoms with E-state index in [9.17, 15) is 0 Å². The van der Waals surface area contributed by atoms with Gasteiger partial charge in [0.05, 0.1) is 5.71 Å². The van der Waals surface area contributed by atoms with Crippen LogP contribution in [0.5, 0.6) is 0 Å². The van der Waals surface area contributed by atoms with E-state index in [0.29, 0.717) is 0 Å². The molecule has 3 nitrogen and oxygen atoms in total. The third-order valence-electron chi connectivity index (χ3n) is 1.64. The molecule has 0 aliphatic heterocycles. The molecule has 3 heteroatoms. The lowest BCUT2D eigenvalue weighted by Crippen LogP contribution is -2.23. The molecule has 0 aliphatic carbocycles. The van der Waals surface area contributed by atoms with Crippen molar-refractivity contribution < 1.29 is 0 Å². The van der Waals surface area contributed by atoms with Gasteiger partial charge in [0.1, 0.15) is 17.3 Å². The highest BCUT2D eigenvalue weighted by molar-refractivity contribution is 6.05. The number of rotatable bonds is 1. The Morgan fingerprint density at radius 2 is 1.86 bits per heavy atom. The van der Waals surface area contributed by atoms with Crippen molar-refractivity contribution in [3.63, 3.8) is 0 Å². The van der Waals surface area contributed by atoms with Crippen molar-refractivity contribution in [1.29, 1.82) is 10.7 Å². The summed E-state index contributed by atoms with van der Waals surface area (Å²) >= 11 is 0. The third-order valence-corrected chi connectivity index (χ3v) is 1.64. The van der Waals surface area contributed by atoms with Crippen LogP contribution in [-0.4, -0.2) is 5.71 Å². The first kappa shape index (κ1) is 12.3. The predicted octanol–water partition coefficient (Wildman–Crippen LogP) is 1.81. The van der Waals surface area contributed by atoms with Crippen molar-refractivity contribution >= 4 is 5.71 Å². The van der Waals surface area contributed by atoms with Gasteiger partial charge in [-0.3, -0.25) is 0 Å². The zero-order valence-corrected chi connectivity index (χ0v) is 9.02. The molecule has 0 spiro atoms. The molecule has 0 heterocycles. The zero-order valence-electron chi connectivity index (χ0n) is 9.02. The van der Waals surface area contributed by atoms with Crippen LogP contribution in [0.15, 0.2) is 11.3 Å². The second-order valence-electron chi connectivity index (χ2n) is 3.90. The molecule has 0 unspecified atom stereocenters. The smallest absolute Gasteiger partial charge is 0.105 e. The van der Waals surface area contributed by atoms with Gasteiger partial charge in [-0.15, -0.1) is 0 Å². The van der Waals surface area contributed by atoms with Crippen molar-refractivity contribution in [3.8, 4) is 17.9 Å². The second kappa shape index (κ2) is 4.48. The molecule has 0 radical (unpaired) electrons. The number of nitrogens with two attached hydrogens (primary N) is 1. The monoisotopic (exact) mass is 189 g/mol. The highest BCUT2D eigenvalue weighted by Crippen LogP contribution is 2.20. The maximum atomic E-state index is 8.86. The van der Waals surface area contributed by atoms with Crippen LogP contribution < -0.4 is 5.73 Å². The van der Waals surface area contributed by atoms with Crippen molar-refractivity contribution in [2.75, 3.05) is 0 Å². The van der Waals surface area contributed by atoms with Gasteiger partial charge in [0.2, 0.25) is 0 Å². The first-order valence-electron chi connectivity index (χ1n) is 4.26. The van der Waals surface area contributed by atoms with Gasteiger partial charge < -0.3 is 11.1 Å². The standard InChI is InChI=1S/C11H15N3/c1-5-6-9(13)8(7-12)10(14)11(2,3)4/h14H,13H2,1-4H3/b9-8+,14-10?. The number of hydrogen-bond donors (Lipinski definition) is 2. The molecule has 0 aromatic carbocycles. The predicted molar refractivity (Wildman–Crippen MR) is 57.5 cm³/mol. The molecule has 0 saturated heterocycles. The highest BCUT2D eigenvalue weighted by Gasteiger charge is 2.22. The average Bonchev–Trinajstić information content (AvgIpc) is 2.04. The van der Waals surface area contributed by atoms with Gasteiger partial charge in [-0.25, -0.2) is 0 Å². The average molecular weight is 189 g/mol. The highest BCUT2D eigenvalue weighted by atomic mass is 14.6. The van der Waals surface area contributed by atoms with Crippen LogP contribution in [0.2, 0.25) is 0 Å². The zero-order chi connectivity index (χ0) is 11.4. The number of allylic oxidation sites excluding steroid dienone is 2. The summed E-state index contributed by atoms with van der Waals surface area (Å²) in [7, 11) is 0. The molecule has 0 rings (SSSR count). The van der Waals surface area contributed by atoms with E-state index >= 15 is 0 Å². The quantitative estimate of drug-likeness (QED) is 0.375. The maximum Gasteiger partial charge on any atom is 0.105 e. The Kier molecular flexibility index (Phi) is 3.93. The summed E-state index contributed by atoms with van der Waals surface area (Å²) in [6.07, 6.45) is 0. The van der Waals surface area contributed by atoms with E-state index in [4.69, 9.17) is 16.4 Å². The van der Waals surface area contributed by atoms with Gasteiger partial charge >= 0.3 is 0 Å². The van der Waals surface area contributed by atoms with Crippen LogP contribution in [0.4, 0.5) is 0 Å². The Hall–Kier alpha value is -1.74. The minimum atomic E-state index is -0.384. The Morgan fingerprint density at radius 1 is 1.36 bits per heavy atom. The summed E-state index contributed by atoms with van der Waals surface area (Å²) in [5, 5.41) is 16.6. The van der Waals surface area contributed by atoms with Crippen LogP contribution >= 0.6 is 0 Å². The van der Waals surface area contributed by atoms with Crippen LogP contribution in [-0.2, 0) is 0 Å². The normalized spacial score (nSPS) is 11.9. The van der Waals surface area contributed by atoms with Crippen molar-refractivity contribution in [2.45, 2.75) is 27.7 Å². The van der Waals surface area contributed by atoms with Crippen LogP contribution in [0.1, 0.15) is 27.7 Å². The first-order valence-corrected chi connectivity index (χ1v) is 4.26. The summed E-state index contributed by atoms with van der Waals surface area (Å²) in [4.78, 5) is 0. The van der Waals surface area contributed by atoms with E-state index in [0.717, 1.165) is 0 Å². The molecule has 0 bridgehead atoms. The lowest BCUT2D eigenvalue weighted by molar-refractivity contribution is 0.588. The number of nitrogens with one attached hydrogen (secondary N) is 1. The van der Waals surface area contributed by atoms with Gasteiger partial charge in [0.15, 0.2) is 0 Å². The van der Waals surface area contributed by atoms with E-state index < -0.39 is 0 Å². The molecule has 0 aromatic heterocycles. The van der Waals surface area contributed by atoms with Gasteiger partial charge in [0.25, 0.3) is 0 Å². The van der Waals surface area contributed by atoms with Gasteiger partial charge in [-0.05, 0) is 12.8 Å². The Balaban J connectivity index is 5.32. The summed E-state index contributed by atoms with van der Waals surface area (Å²) < 4.78 is 0. The van der Waals surface area contributed by atoms with Crippen LogP contribution in [0, 0.1) is 34.0 Å². The van der Waals surface area contributed by atoms with E-state index in [1.165, 1.54) is 0 Å². The molecule has 0 aromatic rings.